The fourth-order valence-corrected chi connectivity index (χ4v) is 8.98. The number of aliphatic imine (C=N–C) groups is 2. The molecular formula is C51H73ClN14O9. The molecule has 0 saturated carbocycles. The number of aromatic nitrogens is 1. The summed E-state index contributed by atoms with van der Waals surface area (Å²) in [5.74, 6) is -8.16. The van der Waals surface area contributed by atoms with Crippen molar-refractivity contribution in [2.45, 2.75) is 133 Å². The average molecular weight is 1060 g/mol. The number of guanidine groups is 2. The SMILES string of the molecule is CC(=O)N[C@@H](CCCN=C(N)N)C(=O)N[C@H]1CCC(=O)CCCC[C@@H](C(N)=O)NC(=O)[C@H](Cc2c[nH]c3ccccc23)CC(=O)[C@H](CCCN=C(N)N)CC(=O)[C@@H](Cc2ccc(Cl)cc2)NC(=O)[C@H](CCN)NC1=O. The van der Waals surface area contributed by atoms with Gasteiger partial charge in [-0.1, -0.05) is 48.4 Å². The number of amides is 6. The third-order valence-corrected chi connectivity index (χ3v) is 13.1. The standard InChI is InChI=1S/C51H73ClN14O9/c1-29(67)62-39(13-7-23-60-51(57)58)47(73)64-40-19-18-35(68)9-2-4-12-38(45(54)71)63-46(72)32(25-33-28-61-37-11-5-3-10-36(33)37)27-43(69)31(8-6-22-59-50(55)56)26-44(70)42(24-30-14-16-34(52)17-15-30)66-49(75)41(20-21-53)65-48(40)74/h3,5,10-11,14-17,28,31-32,38-42,61H,2,4,6-9,12-13,18-27,53H2,1H3,(H2,54,71)(H,62,67)(H,63,72)(H,64,73)(H,65,74)(H,66,75)(H4,55,56,59)(H4,57,58,60)/t31-,32-,38+,39+,40+,41+,42-/m1/s1. The van der Waals surface area contributed by atoms with E-state index in [-0.39, 0.29) is 127 Å². The van der Waals surface area contributed by atoms with Gasteiger partial charge in [-0.15, -0.1) is 0 Å². The first-order valence-electron chi connectivity index (χ1n) is 25.2. The monoisotopic (exact) mass is 1060 g/mol. The molecule has 3 aromatic rings. The van der Waals surface area contributed by atoms with Gasteiger partial charge in [-0.2, -0.15) is 0 Å². The largest absolute Gasteiger partial charge is 0.370 e. The molecule has 1 fully saturated rings. The molecule has 408 valence electrons. The Morgan fingerprint density at radius 1 is 0.733 bits per heavy atom. The molecule has 0 spiro atoms. The van der Waals surface area contributed by atoms with Gasteiger partial charge in [0.2, 0.25) is 35.4 Å². The second kappa shape index (κ2) is 30.7. The molecule has 24 heteroatoms. The number of hydrogen-bond donors (Lipinski definition) is 12. The highest BCUT2D eigenvalue weighted by molar-refractivity contribution is 6.30. The first-order valence-corrected chi connectivity index (χ1v) is 25.6. The second-order valence-electron chi connectivity index (χ2n) is 18.8. The van der Waals surface area contributed by atoms with Crippen LogP contribution in [-0.4, -0.2) is 120 Å². The minimum absolute atomic E-state index is 0.00940. The number of ketones is 3. The second-order valence-corrected chi connectivity index (χ2v) is 19.3. The Morgan fingerprint density at radius 3 is 2.07 bits per heavy atom. The van der Waals surface area contributed by atoms with Gasteiger partial charge in [-0.3, -0.25) is 53.1 Å². The van der Waals surface area contributed by atoms with Crippen molar-refractivity contribution >= 4 is 87.2 Å². The lowest BCUT2D eigenvalue weighted by molar-refractivity contribution is -0.135. The third kappa shape index (κ3) is 20.8. The Balaban J connectivity index is 1.77. The number of halogens is 1. The van der Waals surface area contributed by atoms with Gasteiger partial charge < -0.3 is 66.0 Å². The molecule has 0 unspecified atom stereocenters. The summed E-state index contributed by atoms with van der Waals surface area (Å²) in [6.07, 6.45) is 1.65. The number of Topliss-reactive ketones (excluding diaryl/α,β-unsaturated/α-hetero) is 3. The van der Waals surface area contributed by atoms with Crippen LogP contribution in [0.3, 0.4) is 0 Å². The van der Waals surface area contributed by atoms with Crippen molar-refractivity contribution < 1.29 is 43.2 Å². The van der Waals surface area contributed by atoms with Crippen LogP contribution in [0.25, 0.3) is 10.9 Å². The van der Waals surface area contributed by atoms with Crippen LogP contribution < -0.4 is 61.0 Å². The Morgan fingerprint density at radius 2 is 1.40 bits per heavy atom. The fourth-order valence-electron chi connectivity index (χ4n) is 8.86. The Hall–Kier alpha value is -7.40. The van der Waals surface area contributed by atoms with Gasteiger partial charge in [0.15, 0.2) is 17.7 Å². The van der Waals surface area contributed by atoms with E-state index >= 15 is 0 Å². The summed E-state index contributed by atoms with van der Waals surface area (Å²) in [4.78, 5) is 136. The summed E-state index contributed by atoms with van der Waals surface area (Å²) in [6.45, 7) is 1.35. The van der Waals surface area contributed by atoms with Crippen LogP contribution in [0, 0.1) is 11.8 Å². The van der Waals surface area contributed by atoms with E-state index in [9.17, 15) is 43.2 Å². The summed E-state index contributed by atoms with van der Waals surface area (Å²) >= 11 is 6.20. The van der Waals surface area contributed by atoms with Crippen molar-refractivity contribution in [1.29, 1.82) is 0 Å². The Kier molecular flexibility index (Phi) is 24.6. The first kappa shape index (κ1) is 60.2. The van der Waals surface area contributed by atoms with E-state index in [1.165, 1.54) is 6.92 Å². The number of nitrogens with two attached hydrogens (primary N) is 6. The van der Waals surface area contributed by atoms with Crippen molar-refractivity contribution in [2.24, 2.45) is 56.2 Å². The highest BCUT2D eigenvalue weighted by Gasteiger charge is 2.35. The highest BCUT2D eigenvalue weighted by Crippen LogP contribution is 2.26. The van der Waals surface area contributed by atoms with E-state index in [1.54, 1.807) is 30.5 Å². The van der Waals surface area contributed by atoms with E-state index < -0.39 is 95.5 Å². The van der Waals surface area contributed by atoms with Gasteiger partial charge in [0.1, 0.15) is 35.7 Å². The summed E-state index contributed by atoms with van der Waals surface area (Å²) in [5, 5.41) is 14.6. The number of primary amides is 1. The molecule has 75 heavy (non-hydrogen) atoms. The fraction of sp³-hybridized carbons (Fsp3) is 0.510. The molecule has 1 aromatic heterocycles. The number of nitrogens with one attached hydrogen (secondary N) is 6. The molecule has 0 bridgehead atoms. The topological polar surface area (TPSA) is 410 Å². The van der Waals surface area contributed by atoms with Crippen LogP contribution in [0.2, 0.25) is 5.02 Å². The lowest BCUT2D eigenvalue weighted by Gasteiger charge is -2.27. The molecule has 4 rings (SSSR count). The molecule has 6 amide bonds. The molecule has 18 N–H and O–H groups in total. The molecule has 1 aliphatic rings. The number of benzene rings is 2. The molecule has 23 nitrogen and oxygen atoms in total. The highest BCUT2D eigenvalue weighted by atomic mass is 35.5. The molecule has 7 atom stereocenters. The minimum Gasteiger partial charge on any atom is -0.370 e. The number of para-hydroxylation sites is 1. The van der Waals surface area contributed by atoms with Gasteiger partial charge in [-0.05, 0) is 100 Å². The zero-order chi connectivity index (χ0) is 55.0. The molecule has 2 aromatic carbocycles. The molecule has 2 heterocycles. The zero-order valence-corrected chi connectivity index (χ0v) is 43.1. The summed E-state index contributed by atoms with van der Waals surface area (Å²) in [6, 6.07) is 7.56. The maximum absolute atomic E-state index is 14.7. The predicted octanol–water partition coefficient (Wildman–Crippen LogP) is 0.0658. The van der Waals surface area contributed by atoms with E-state index in [2.05, 4.69) is 41.6 Å². The van der Waals surface area contributed by atoms with Crippen LogP contribution in [0.5, 0.6) is 0 Å². The Labute approximate surface area is 440 Å². The van der Waals surface area contributed by atoms with Crippen LogP contribution in [0.1, 0.15) is 102 Å². The normalized spacial score (nSPS) is 21.4. The van der Waals surface area contributed by atoms with Gasteiger partial charge in [-0.25, -0.2) is 0 Å². The maximum Gasteiger partial charge on any atom is 0.243 e. The first-order chi connectivity index (χ1) is 35.7. The minimum atomic E-state index is -1.42. The van der Waals surface area contributed by atoms with Crippen LogP contribution in [-0.2, 0) is 56.0 Å². The number of carbonyl (C=O) groups excluding carboxylic acids is 9. The summed E-state index contributed by atoms with van der Waals surface area (Å²) < 4.78 is 0. The zero-order valence-electron chi connectivity index (χ0n) is 42.4. The average Bonchev–Trinajstić information content (AvgIpc) is 3.77. The Bertz CT molecular complexity index is 2530. The van der Waals surface area contributed by atoms with Gasteiger partial charge >= 0.3 is 0 Å². The van der Waals surface area contributed by atoms with Crippen molar-refractivity contribution in [3.63, 3.8) is 0 Å². The lowest BCUT2D eigenvalue weighted by Crippen LogP contribution is -2.58. The summed E-state index contributed by atoms with van der Waals surface area (Å²) in [7, 11) is 0. The van der Waals surface area contributed by atoms with Gasteiger partial charge in [0.25, 0.3) is 0 Å². The number of aromatic amines is 1. The van der Waals surface area contributed by atoms with Crippen molar-refractivity contribution in [3.8, 4) is 0 Å². The van der Waals surface area contributed by atoms with Crippen molar-refractivity contribution in [3.05, 3.63) is 70.9 Å². The molecule has 0 aliphatic carbocycles. The smallest absolute Gasteiger partial charge is 0.243 e. The van der Waals surface area contributed by atoms with Gasteiger partial charge in [0.05, 0.1) is 6.04 Å². The quantitative estimate of drug-likeness (QED) is 0.0456. The van der Waals surface area contributed by atoms with E-state index in [0.717, 1.165) is 16.5 Å². The van der Waals surface area contributed by atoms with Crippen LogP contribution >= 0.6 is 11.6 Å². The lowest BCUT2D eigenvalue weighted by atomic mass is 9.83. The molecule has 1 aliphatic heterocycles. The third-order valence-electron chi connectivity index (χ3n) is 12.9. The van der Waals surface area contributed by atoms with Crippen LogP contribution in [0.4, 0.5) is 0 Å². The van der Waals surface area contributed by atoms with Crippen molar-refractivity contribution in [1.82, 2.24) is 31.6 Å². The van der Waals surface area contributed by atoms with E-state index in [0.29, 0.717) is 10.6 Å². The van der Waals surface area contributed by atoms with E-state index in [4.69, 9.17) is 46.0 Å². The number of hydrogen-bond acceptors (Lipinski definition) is 12. The number of H-pyrrole nitrogens is 1. The predicted molar refractivity (Wildman–Crippen MR) is 284 cm³/mol. The number of nitrogens with zero attached hydrogens (tertiary/aromatic N) is 2. The molecular weight excluding hydrogens is 988 g/mol. The summed E-state index contributed by atoms with van der Waals surface area (Å²) in [5.41, 5.74) is 36.0. The number of fused-ring (bicyclic) bond motifs is 1. The number of carbonyl (C=O) groups is 9. The van der Waals surface area contributed by atoms with Gasteiger partial charge in [0, 0.05) is 79.7 Å². The van der Waals surface area contributed by atoms with E-state index in [1.807, 2.05) is 24.3 Å². The maximum atomic E-state index is 14.7. The molecule has 1 saturated heterocycles. The van der Waals surface area contributed by atoms with Crippen molar-refractivity contribution in [2.75, 3.05) is 19.6 Å². The number of rotatable bonds is 18. The molecule has 0 radical (unpaired) electrons. The van der Waals surface area contributed by atoms with Crippen LogP contribution in [0.15, 0.2) is 64.7 Å².